The Bertz CT molecular complexity index is 378. The molecule has 0 spiro atoms. The first-order valence-corrected chi connectivity index (χ1v) is 7.57. The zero-order chi connectivity index (χ0) is 16.2. The van der Waals surface area contributed by atoms with Gasteiger partial charge in [-0.2, -0.15) is 0 Å². The molecule has 0 aliphatic carbocycles. The lowest BCUT2D eigenvalue weighted by Crippen LogP contribution is -2.47. The number of hydrogen-bond donors (Lipinski definition) is 1. The highest BCUT2D eigenvalue weighted by molar-refractivity contribution is 5.82. The maximum Gasteiger partial charge on any atom is 0.410 e. The molecule has 21 heavy (non-hydrogen) atoms. The zero-order valence-electron chi connectivity index (χ0n) is 13.8. The van der Waals surface area contributed by atoms with Gasteiger partial charge in [-0.1, -0.05) is 6.92 Å². The third kappa shape index (κ3) is 5.19. The molecule has 2 amide bonds. The standard InChI is InChI=1S/C15H28N2O4/c1-6-12(18)11-8-7-9-17(11)13(19)10-16(5)14(20)21-15(2,3)4/h11-12,18H,6-10H2,1-5H3/t11-,12?/m0/s1. The lowest BCUT2D eigenvalue weighted by atomic mass is 10.1. The second-order valence-electron chi connectivity index (χ2n) is 6.61. The first-order valence-electron chi connectivity index (χ1n) is 7.57. The smallest absolute Gasteiger partial charge is 0.410 e. The number of nitrogens with zero attached hydrogens (tertiary/aromatic N) is 2. The summed E-state index contributed by atoms with van der Waals surface area (Å²) < 4.78 is 5.23. The number of carbonyl (C=O) groups is 2. The van der Waals surface area contributed by atoms with Crippen molar-refractivity contribution in [1.82, 2.24) is 9.80 Å². The van der Waals surface area contributed by atoms with Crippen molar-refractivity contribution in [3.63, 3.8) is 0 Å². The van der Waals surface area contributed by atoms with E-state index in [1.165, 1.54) is 4.90 Å². The molecule has 0 saturated carbocycles. The Balaban J connectivity index is 2.57. The third-order valence-electron chi connectivity index (χ3n) is 3.56. The van der Waals surface area contributed by atoms with Crippen molar-refractivity contribution in [2.45, 2.75) is 64.7 Å². The van der Waals surface area contributed by atoms with E-state index in [1.807, 2.05) is 6.92 Å². The van der Waals surface area contributed by atoms with Crippen LogP contribution in [-0.4, -0.2) is 64.8 Å². The SMILES string of the molecule is CCC(O)[C@@H]1CCCN1C(=O)CN(C)C(=O)OC(C)(C)C. The van der Waals surface area contributed by atoms with Crippen molar-refractivity contribution in [2.75, 3.05) is 20.1 Å². The minimum Gasteiger partial charge on any atom is -0.444 e. The van der Waals surface area contributed by atoms with Crippen LogP contribution in [0.2, 0.25) is 0 Å². The van der Waals surface area contributed by atoms with Crippen LogP contribution in [0.3, 0.4) is 0 Å². The molecule has 1 heterocycles. The number of likely N-dealkylation sites (N-methyl/N-ethyl adjacent to an activating group) is 1. The third-order valence-corrected chi connectivity index (χ3v) is 3.56. The second-order valence-corrected chi connectivity index (χ2v) is 6.61. The van der Waals surface area contributed by atoms with Gasteiger partial charge in [-0.3, -0.25) is 4.79 Å². The Morgan fingerprint density at radius 1 is 1.43 bits per heavy atom. The number of ether oxygens (including phenoxy) is 1. The number of hydrogen-bond acceptors (Lipinski definition) is 4. The van der Waals surface area contributed by atoms with E-state index in [0.29, 0.717) is 13.0 Å². The van der Waals surface area contributed by atoms with Crippen LogP contribution in [0.4, 0.5) is 4.79 Å². The van der Waals surface area contributed by atoms with E-state index in [4.69, 9.17) is 4.74 Å². The first kappa shape index (κ1) is 17.8. The first-order chi connectivity index (χ1) is 9.65. The highest BCUT2D eigenvalue weighted by atomic mass is 16.6. The van der Waals surface area contributed by atoms with Gasteiger partial charge < -0.3 is 19.6 Å². The molecule has 0 aromatic heterocycles. The molecule has 1 saturated heterocycles. The second kappa shape index (κ2) is 7.11. The van der Waals surface area contributed by atoms with Crippen LogP contribution >= 0.6 is 0 Å². The van der Waals surface area contributed by atoms with Crippen LogP contribution in [0.15, 0.2) is 0 Å². The molecule has 1 N–H and O–H groups in total. The zero-order valence-corrected chi connectivity index (χ0v) is 13.8. The Labute approximate surface area is 127 Å². The molecule has 0 aromatic carbocycles. The molecule has 0 radical (unpaired) electrons. The van der Waals surface area contributed by atoms with Gasteiger partial charge in [0.2, 0.25) is 5.91 Å². The molecular formula is C15H28N2O4. The lowest BCUT2D eigenvalue weighted by Gasteiger charge is -2.30. The summed E-state index contributed by atoms with van der Waals surface area (Å²) in [7, 11) is 1.55. The number of rotatable bonds is 4. The number of carbonyl (C=O) groups excluding carboxylic acids is 2. The lowest BCUT2D eigenvalue weighted by molar-refractivity contribution is -0.135. The van der Waals surface area contributed by atoms with Crippen LogP contribution in [0.1, 0.15) is 47.0 Å². The van der Waals surface area contributed by atoms with Crippen LogP contribution < -0.4 is 0 Å². The van der Waals surface area contributed by atoms with E-state index in [2.05, 4.69) is 0 Å². The normalized spacial score (nSPS) is 20.3. The topological polar surface area (TPSA) is 70.1 Å². The predicted molar refractivity (Wildman–Crippen MR) is 79.9 cm³/mol. The van der Waals surface area contributed by atoms with E-state index in [-0.39, 0.29) is 18.5 Å². The van der Waals surface area contributed by atoms with Crippen LogP contribution in [0, 0.1) is 0 Å². The molecule has 1 unspecified atom stereocenters. The number of amides is 2. The van der Waals surface area contributed by atoms with Crippen molar-refractivity contribution in [2.24, 2.45) is 0 Å². The van der Waals surface area contributed by atoms with Gasteiger partial charge in [0.15, 0.2) is 0 Å². The van der Waals surface area contributed by atoms with Gasteiger partial charge in [-0.05, 0) is 40.0 Å². The minimum atomic E-state index is -0.580. The molecule has 1 fully saturated rings. The molecule has 2 atom stereocenters. The van der Waals surface area contributed by atoms with Gasteiger partial charge in [0.1, 0.15) is 12.1 Å². The van der Waals surface area contributed by atoms with Crippen molar-refractivity contribution in [3.8, 4) is 0 Å². The maximum atomic E-state index is 12.3. The van der Waals surface area contributed by atoms with Gasteiger partial charge in [-0.15, -0.1) is 0 Å². The summed E-state index contributed by atoms with van der Waals surface area (Å²) in [5.41, 5.74) is -0.580. The van der Waals surface area contributed by atoms with Crippen LogP contribution in [-0.2, 0) is 9.53 Å². The molecular weight excluding hydrogens is 272 g/mol. The summed E-state index contributed by atoms with van der Waals surface area (Å²) in [6.07, 6.45) is 1.32. The molecule has 0 aromatic rings. The fraction of sp³-hybridized carbons (Fsp3) is 0.867. The summed E-state index contributed by atoms with van der Waals surface area (Å²) in [6.45, 7) is 7.88. The van der Waals surface area contributed by atoms with Gasteiger partial charge in [0.05, 0.1) is 12.1 Å². The predicted octanol–water partition coefficient (Wildman–Crippen LogP) is 1.62. The van der Waals surface area contributed by atoms with Gasteiger partial charge in [0.25, 0.3) is 0 Å². The van der Waals surface area contributed by atoms with E-state index in [9.17, 15) is 14.7 Å². The summed E-state index contributed by atoms with van der Waals surface area (Å²) in [5, 5.41) is 9.97. The fourth-order valence-electron chi connectivity index (χ4n) is 2.47. The number of likely N-dealkylation sites (tertiary alicyclic amines) is 1. The Kier molecular flexibility index (Phi) is 6.01. The molecule has 6 heteroatoms. The highest BCUT2D eigenvalue weighted by Gasteiger charge is 2.34. The molecule has 6 nitrogen and oxygen atoms in total. The Morgan fingerprint density at radius 2 is 2.05 bits per heavy atom. The van der Waals surface area contributed by atoms with Gasteiger partial charge >= 0.3 is 6.09 Å². The monoisotopic (exact) mass is 300 g/mol. The van der Waals surface area contributed by atoms with Gasteiger partial charge in [0, 0.05) is 13.6 Å². The van der Waals surface area contributed by atoms with Crippen LogP contribution in [0.25, 0.3) is 0 Å². The summed E-state index contributed by atoms with van der Waals surface area (Å²) in [4.78, 5) is 27.2. The highest BCUT2D eigenvalue weighted by Crippen LogP contribution is 2.22. The van der Waals surface area contributed by atoms with E-state index in [0.717, 1.165) is 12.8 Å². The van der Waals surface area contributed by atoms with E-state index >= 15 is 0 Å². The fourth-order valence-corrected chi connectivity index (χ4v) is 2.47. The van der Waals surface area contributed by atoms with Crippen molar-refractivity contribution in [3.05, 3.63) is 0 Å². The van der Waals surface area contributed by atoms with Crippen LogP contribution in [0.5, 0.6) is 0 Å². The van der Waals surface area contributed by atoms with Crippen molar-refractivity contribution >= 4 is 12.0 Å². The quantitative estimate of drug-likeness (QED) is 0.856. The Hall–Kier alpha value is -1.30. The van der Waals surface area contributed by atoms with E-state index in [1.54, 1.807) is 32.7 Å². The molecule has 122 valence electrons. The minimum absolute atomic E-state index is 0.0259. The van der Waals surface area contributed by atoms with E-state index < -0.39 is 17.8 Å². The average Bonchev–Trinajstić information content (AvgIpc) is 2.84. The average molecular weight is 300 g/mol. The molecule has 0 bridgehead atoms. The summed E-state index contributed by atoms with van der Waals surface area (Å²) in [5.74, 6) is -0.140. The molecule has 1 aliphatic heterocycles. The largest absolute Gasteiger partial charge is 0.444 e. The maximum absolute atomic E-state index is 12.3. The number of aliphatic hydroxyl groups is 1. The van der Waals surface area contributed by atoms with Crippen molar-refractivity contribution in [1.29, 1.82) is 0 Å². The summed E-state index contributed by atoms with van der Waals surface area (Å²) >= 11 is 0. The number of aliphatic hydroxyl groups excluding tert-OH is 1. The summed E-state index contributed by atoms with van der Waals surface area (Å²) in [6, 6.07) is -0.130. The van der Waals surface area contributed by atoms with Crippen molar-refractivity contribution < 1.29 is 19.4 Å². The molecule has 1 rings (SSSR count). The molecule has 1 aliphatic rings. The Morgan fingerprint density at radius 3 is 2.57 bits per heavy atom. The van der Waals surface area contributed by atoms with Gasteiger partial charge in [-0.25, -0.2) is 4.79 Å².